The van der Waals surface area contributed by atoms with Gasteiger partial charge in [0.2, 0.25) is 0 Å². The standard InChI is InChI=1S/C25H31N5O4S2/c1-3-5-6-8-12-30-23(32)19(36-25(30)35)17-18-21(26-20-10-7-9-11-29(20)22(18)31)27-13-15-28(16-14-27)24(33)34-4-2/h7,9-11,17H,3-6,8,12-16H2,1-2H3/b19-17-. The summed E-state index contributed by atoms with van der Waals surface area (Å²) in [5, 5.41) is 0. The number of ether oxygens (including phenoxy) is 1. The molecule has 2 aliphatic rings. The van der Waals surface area contributed by atoms with Gasteiger partial charge in [0.15, 0.2) is 0 Å². The third-order valence-electron chi connectivity index (χ3n) is 6.24. The lowest BCUT2D eigenvalue weighted by Crippen LogP contribution is -2.49. The second kappa shape index (κ2) is 11.9. The first-order valence-electron chi connectivity index (χ1n) is 12.4. The first-order valence-corrected chi connectivity index (χ1v) is 13.6. The molecule has 0 unspecified atom stereocenters. The summed E-state index contributed by atoms with van der Waals surface area (Å²) in [5.74, 6) is 0.333. The van der Waals surface area contributed by atoms with E-state index in [4.69, 9.17) is 21.9 Å². The van der Waals surface area contributed by atoms with Gasteiger partial charge in [-0.15, -0.1) is 0 Å². The van der Waals surface area contributed by atoms with E-state index in [0.29, 0.717) is 65.6 Å². The Morgan fingerprint density at radius 3 is 2.64 bits per heavy atom. The van der Waals surface area contributed by atoms with E-state index in [1.807, 2.05) is 11.0 Å². The fourth-order valence-corrected chi connectivity index (χ4v) is 5.58. The van der Waals surface area contributed by atoms with Gasteiger partial charge in [0, 0.05) is 38.9 Å². The number of aromatic nitrogens is 2. The molecule has 2 saturated heterocycles. The van der Waals surface area contributed by atoms with E-state index in [0.717, 1.165) is 25.7 Å². The van der Waals surface area contributed by atoms with E-state index in [9.17, 15) is 14.4 Å². The van der Waals surface area contributed by atoms with Gasteiger partial charge in [0.25, 0.3) is 11.5 Å². The molecule has 9 nitrogen and oxygen atoms in total. The van der Waals surface area contributed by atoms with Gasteiger partial charge in [0.1, 0.15) is 15.8 Å². The maximum absolute atomic E-state index is 13.6. The molecule has 0 saturated carbocycles. The maximum Gasteiger partial charge on any atom is 0.409 e. The van der Waals surface area contributed by atoms with Crippen LogP contribution in [0.4, 0.5) is 10.6 Å². The van der Waals surface area contributed by atoms with Crippen molar-refractivity contribution in [2.24, 2.45) is 0 Å². The van der Waals surface area contributed by atoms with Crippen molar-refractivity contribution in [3.8, 4) is 0 Å². The zero-order valence-electron chi connectivity index (χ0n) is 20.6. The van der Waals surface area contributed by atoms with Crippen LogP contribution < -0.4 is 10.5 Å². The Hall–Kier alpha value is -2.92. The zero-order chi connectivity index (χ0) is 25.7. The summed E-state index contributed by atoms with van der Waals surface area (Å²) >= 11 is 6.71. The molecule has 36 heavy (non-hydrogen) atoms. The van der Waals surface area contributed by atoms with Gasteiger partial charge in [-0.2, -0.15) is 0 Å². The van der Waals surface area contributed by atoms with Crippen molar-refractivity contribution in [2.45, 2.75) is 39.5 Å². The summed E-state index contributed by atoms with van der Waals surface area (Å²) in [7, 11) is 0. The third-order valence-corrected chi connectivity index (χ3v) is 7.62. The number of thioether (sulfide) groups is 1. The van der Waals surface area contributed by atoms with Gasteiger partial charge >= 0.3 is 6.09 Å². The predicted molar refractivity (Wildman–Crippen MR) is 146 cm³/mol. The first kappa shape index (κ1) is 26.2. The number of carbonyl (C=O) groups excluding carboxylic acids is 2. The lowest BCUT2D eigenvalue weighted by Gasteiger charge is -2.35. The van der Waals surface area contributed by atoms with Crippen LogP contribution in [0.25, 0.3) is 11.7 Å². The van der Waals surface area contributed by atoms with Gasteiger partial charge in [-0.05, 0) is 31.6 Å². The van der Waals surface area contributed by atoms with Crippen LogP contribution in [-0.2, 0) is 9.53 Å². The molecule has 2 fully saturated rings. The quantitative estimate of drug-likeness (QED) is 0.290. The number of rotatable bonds is 8. The summed E-state index contributed by atoms with van der Waals surface area (Å²) in [6, 6.07) is 5.38. The molecule has 0 aromatic carbocycles. The summed E-state index contributed by atoms with van der Waals surface area (Å²) in [6.07, 6.45) is 7.14. The van der Waals surface area contributed by atoms with Gasteiger partial charge in [-0.25, -0.2) is 9.78 Å². The minimum Gasteiger partial charge on any atom is -0.450 e. The molecule has 2 aromatic rings. The van der Waals surface area contributed by atoms with E-state index in [1.54, 1.807) is 41.1 Å². The van der Waals surface area contributed by atoms with Crippen molar-refractivity contribution in [2.75, 3.05) is 44.2 Å². The number of fused-ring (bicyclic) bond motifs is 1. The largest absolute Gasteiger partial charge is 0.450 e. The van der Waals surface area contributed by atoms with Crippen molar-refractivity contribution >= 4 is 57.8 Å². The molecule has 0 radical (unpaired) electrons. The van der Waals surface area contributed by atoms with Crippen LogP contribution in [0.1, 0.15) is 45.1 Å². The van der Waals surface area contributed by atoms with E-state index >= 15 is 0 Å². The molecule has 4 rings (SSSR count). The lowest BCUT2D eigenvalue weighted by molar-refractivity contribution is -0.122. The molecule has 0 bridgehead atoms. The topological polar surface area (TPSA) is 87.5 Å². The molecule has 192 valence electrons. The fraction of sp³-hybridized carbons (Fsp3) is 0.480. The average Bonchev–Trinajstić information content (AvgIpc) is 3.15. The highest BCUT2D eigenvalue weighted by atomic mass is 32.2. The molecule has 0 spiro atoms. The number of pyridine rings is 1. The van der Waals surface area contributed by atoms with E-state index in [1.165, 1.54) is 16.2 Å². The number of thiocarbonyl (C=S) groups is 1. The Balaban J connectivity index is 1.64. The van der Waals surface area contributed by atoms with Crippen LogP contribution >= 0.6 is 24.0 Å². The molecule has 0 N–H and O–H groups in total. The van der Waals surface area contributed by atoms with Crippen LogP contribution in [-0.4, -0.2) is 74.8 Å². The van der Waals surface area contributed by atoms with Gasteiger partial charge in [-0.3, -0.25) is 18.9 Å². The fourth-order valence-electron chi connectivity index (χ4n) is 4.29. The van der Waals surface area contributed by atoms with Crippen LogP contribution in [0, 0.1) is 0 Å². The molecule has 2 aliphatic heterocycles. The van der Waals surface area contributed by atoms with E-state index in [-0.39, 0.29) is 17.6 Å². The minimum absolute atomic E-state index is 0.169. The third kappa shape index (κ3) is 5.57. The minimum atomic E-state index is -0.341. The highest BCUT2D eigenvalue weighted by Gasteiger charge is 2.33. The Morgan fingerprint density at radius 1 is 1.14 bits per heavy atom. The van der Waals surface area contributed by atoms with Gasteiger partial charge in [0.05, 0.1) is 17.1 Å². The second-order valence-corrected chi connectivity index (χ2v) is 10.3. The Labute approximate surface area is 220 Å². The summed E-state index contributed by atoms with van der Waals surface area (Å²) in [5.41, 5.74) is 0.609. The highest BCUT2D eigenvalue weighted by Crippen LogP contribution is 2.34. The normalized spacial score (nSPS) is 17.5. The van der Waals surface area contributed by atoms with Crippen molar-refractivity contribution in [3.05, 3.63) is 45.2 Å². The molecular formula is C25H31N5O4S2. The summed E-state index contributed by atoms with van der Waals surface area (Å²) in [4.78, 5) is 49.3. The highest BCUT2D eigenvalue weighted by molar-refractivity contribution is 8.26. The average molecular weight is 530 g/mol. The van der Waals surface area contributed by atoms with Crippen LogP contribution in [0.5, 0.6) is 0 Å². The number of anilines is 1. The molecule has 11 heteroatoms. The number of piperazine rings is 1. The van der Waals surface area contributed by atoms with Crippen molar-refractivity contribution in [1.29, 1.82) is 0 Å². The van der Waals surface area contributed by atoms with Crippen molar-refractivity contribution in [3.63, 3.8) is 0 Å². The predicted octanol–water partition coefficient (Wildman–Crippen LogP) is 3.75. The molecule has 2 amide bonds. The number of unbranched alkanes of at least 4 members (excludes halogenated alkanes) is 3. The van der Waals surface area contributed by atoms with E-state index in [2.05, 4.69) is 6.92 Å². The number of hydrogen-bond donors (Lipinski definition) is 0. The van der Waals surface area contributed by atoms with Gasteiger partial charge in [-0.1, -0.05) is 56.2 Å². The second-order valence-electron chi connectivity index (χ2n) is 8.65. The number of hydrogen-bond acceptors (Lipinski definition) is 8. The molecule has 0 atom stereocenters. The zero-order valence-corrected chi connectivity index (χ0v) is 22.3. The Morgan fingerprint density at radius 2 is 1.92 bits per heavy atom. The molecule has 2 aromatic heterocycles. The first-order chi connectivity index (χ1) is 17.4. The number of nitrogens with zero attached hydrogens (tertiary/aromatic N) is 5. The van der Waals surface area contributed by atoms with Crippen LogP contribution in [0.2, 0.25) is 0 Å². The Bertz CT molecular complexity index is 1240. The maximum atomic E-state index is 13.6. The monoisotopic (exact) mass is 529 g/mol. The van der Waals surface area contributed by atoms with Crippen molar-refractivity contribution in [1.82, 2.24) is 19.2 Å². The summed E-state index contributed by atoms with van der Waals surface area (Å²) in [6.45, 7) is 6.72. The number of carbonyl (C=O) groups is 2. The van der Waals surface area contributed by atoms with Crippen LogP contribution in [0.15, 0.2) is 34.1 Å². The molecular weight excluding hydrogens is 498 g/mol. The smallest absolute Gasteiger partial charge is 0.409 e. The van der Waals surface area contributed by atoms with Crippen molar-refractivity contribution < 1.29 is 14.3 Å². The van der Waals surface area contributed by atoms with Crippen LogP contribution in [0.3, 0.4) is 0 Å². The lowest BCUT2D eigenvalue weighted by atomic mass is 10.2. The molecule has 4 heterocycles. The molecule has 0 aliphatic carbocycles. The Kier molecular flexibility index (Phi) is 8.63. The van der Waals surface area contributed by atoms with Gasteiger partial charge < -0.3 is 14.5 Å². The van der Waals surface area contributed by atoms with E-state index < -0.39 is 0 Å². The SMILES string of the molecule is CCCCCCN1C(=O)/C(=C/c2c(N3CCN(C(=O)OCC)CC3)nc3ccccn3c2=O)SC1=S. The number of amides is 2. The summed E-state index contributed by atoms with van der Waals surface area (Å²) < 4.78 is 7.11.